The molecule has 0 bridgehead atoms. The molecule has 0 fully saturated rings. The Morgan fingerprint density at radius 3 is 2.25 bits per heavy atom. The highest BCUT2D eigenvalue weighted by Crippen LogP contribution is 2.33. The molecule has 5 heteroatoms. The van der Waals surface area contributed by atoms with Crippen molar-refractivity contribution in [2.75, 3.05) is 6.54 Å². The van der Waals surface area contributed by atoms with E-state index in [9.17, 15) is 9.59 Å². The van der Waals surface area contributed by atoms with Crippen molar-refractivity contribution in [1.82, 2.24) is 5.32 Å². The summed E-state index contributed by atoms with van der Waals surface area (Å²) in [6.45, 7) is 2.55. The Kier molecular flexibility index (Phi) is 4.70. The van der Waals surface area contributed by atoms with Crippen LogP contribution in [0.1, 0.15) is 35.7 Å². The van der Waals surface area contributed by atoms with Crippen LogP contribution in [0.2, 0.25) is 0 Å². The summed E-state index contributed by atoms with van der Waals surface area (Å²) in [6.07, 6.45) is 1.18. The molecule has 1 N–H and O–H groups in total. The number of nitrogens with zero attached hydrogens (tertiary/aromatic N) is 1. The maximum Gasteiger partial charge on any atom is 0.433 e. The van der Waals surface area contributed by atoms with E-state index in [1.165, 1.54) is 0 Å². The second-order valence-electron chi connectivity index (χ2n) is 5.52. The summed E-state index contributed by atoms with van der Waals surface area (Å²) in [5.74, 6) is -0.245. The van der Waals surface area contributed by atoms with Gasteiger partial charge in [0.1, 0.15) is 0 Å². The van der Waals surface area contributed by atoms with E-state index in [0.29, 0.717) is 17.7 Å². The molecule has 0 unspecified atom stereocenters. The maximum atomic E-state index is 12.7. The highest BCUT2D eigenvalue weighted by Gasteiger charge is 2.29. The van der Waals surface area contributed by atoms with Gasteiger partial charge >= 0.3 is 6.09 Å². The topological polar surface area (TPSA) is 67.8 Å². The van der Waals surface area contributed by atoms with Gasteiger partial charge in [0.25, 0.3) is 0 Å². The fraction of sp³-hybridized carbons (Fsp3) is 0.211. The number of fused-ring (bicyclic) bond motifs is 3. The molecule has 0 saturated heterocycles. The molecule has 0 spiro atoms. The van der Waals surface area contributed by atoms with Crippen LogP contribution >= 0.6 is 0 Å². The SMILES string of the molecule is CCCCNC(=O)ON=C1C(=O)c2ccccc2-c2ccccc21. The van der Waals surface area contributed by atoms with Gasteiger partial charge in [-0.1, -0.05) is 67.0 Å². The highest BCUT2D eigenvalue weighted by atomic mass is 16.7. The lowest BCUT2D eigenvalue weighted by molar-refractivity contribution is 0.105. The summed E-state index contributed by atoms with van der Waals surface area (Å²) in [7, 11) is 0. The van der Waals surface area contributed by atoms with Gasteiger partial charge < -0.3 is 5.32 Å². The first kappa shape index (κ1) is 15.9. The molecule has 24 heavy (non-hydrogen) atoms. The third kappa shape index (κ3) is 3.06. The molecular formula is C19H18N2O3. The molecule has 0 radical (unpaired) electrons. The van der Waals surface area contributed by atoms with E-state index in [0.717, 1.165) is 24.0 Å². The molecule has 2 aromatic carbocycles. The lowest BCUT2D eigenvalue weighted by Crippen LogP contribution is -2.26. The van der Waals surface area contributed by atoms with E-state index >= 15 is 0 Å². The average Bonchev–Trinajstić information content (AvgIpc) is 2.62. The van der Waals surface area contributed by atoms with Gasteiger partial charge in [0.05, 0.1) is 0 Å². The molecule has 122 valence electrons. The predicted octanol–water partition coefficient (Wildman–Crippen LogP) is 3.78. The second kappa shape index (κ2) is 7.08. The zero-order valence-electron chi connectivity index (χ0n) is 13.4. The summed E-state index contributed by atoms with van der Waals surface area (Å²) in [5, 5.41) is 6.44. The first-order valence-corrected chi connectivity index (χ1v) is 7.98. The molecule has 1 aliphatic rings. The fourth-order valence-electron chi connectivity index (χ4n) is 2.67. The number of hydrogen-bond donors (Lipinski definition) is 1. The Balaban J connectivity index is 1.90. The van der Waals surface area contributed by atoms with Crippen LogP contribution in [0.15, 0.2) is 53.7 Å². The Morgan fingerprint density at radius 2 is 1.58 bits per heavy atom. The van der Waals surface area contributed by atoms with Crippen molar-refractivity contribution >= 4 is 17.6 Å². The van der Waals surface area contributed by atoms with Crippen LogP contribution in [-0.2, 0) is 4.84 Å². The molecule has 1 aliphatic carbocycles. The van der Waals surface area contributed by atoms with E-state index in [-0.39, 0.29) is 11.5 Å². The van der Waals surface area contributed by atoms with Crippen molar-refractivity contribution in [3.63, 3.8) is 0 Å². The minimum Gasteiger partial charge on any atom is -0.320 e. The van der Waals surface area contributed by atoms with Crippen LogP contribution < -0.4 is 5.32 Å². The smallest absolute Gasteiger partial charge is 0.320 e. The molecule has 0 aromatic heterocycles. The Morgan fingerprint density at radius 1 is 1.00 bits per heavy atom. The van der Waals surface area contributed by atoms with Gasteiger partial charge in [0, 0.05) is 17.7 Å². The minimum atomic E-state index is -0.653. The average molecular weight is 322 g/mol. The number of amides is 1. The molecule has 0 atom stereocenters. The summed E-state index contributed by atoms with van der Waals surface area (Å²) < 4.78 is 0. The van der Waals surface area contributed by atoms with E-state index in [1.54, 1.807) is 18.2 Å². The number of oxime groups is 1. The van der Waals surface area contributed by atoms with Gasteiger partial charge in [-0.2, -0.15) is 0 Å². The van der Waals surface area contributed by atoms with Gasteiger partial charge in [-0.25, -0.2) is 4.79 Å². The number of nitrogens with one attached hydrogen (secondary N) is 1. The number of carbonyl (C=O) groups excluding carboxylic acids is 2. The zero-order chi connectivity index (χ0) is 16.9. The van der Waals surface area contributed by atoms with Crippen LogP contribution in [0.3, 0.4) is 0 Å². The van der Waals surface area contributed by atoms with Gasteiger partial charge in [-0.05, 0) is 17.5 Å². The van der Waals surface area contributed by atoms with Crippen LogP contribution in [0.25, 0.3) is 11.1 Å². The molecule has 2 aromatic rings. The number of hydrogen-bond acceptors (Lipinski definition) is 4. The fourth-order valence-corrected chi connectivity index (χ4v) is 2.67. The standard InChI is InChI=1S/C19H18N2O3/c1-2-3-12-20-19(23)24-21-17-15-10-6-4-8-13(15)14-9-5-7-11-16(14)18(17)22/h4-11H,2-3,12H2,1H3,(H,20,23). The van der Waals surface area contributed by atoms with Crippen molar-refractivity contribution < 1.29 is 14.4 Å². The van der Waals surface area contributed by atoms with Crippen LogP contribution in [0.4, 0.5) is 4.79 Å². The molecule has 0 aliphatic heterocycles. The number of unbranched alkanes of at least 4 members (excludes halogenated alkanes) is 1. The molecule has 5 nitrogen and oxygen atoms in total. The van der Waals surface area contributed by atoms with Crippen molar-refractivity contribution in [1.29, 1.82) is 0 Å². The Hall–Kier alpha value is -2.95. The third-order valence-corrected chi connectivity index (χ3v) is 3.88. The van der Waals surface area contributed by atoms with Crippen molar-refractivity contribution in [2.45, 2.75) is 19.8 Å². The van der Waals surface area contributed by atoms with E-state index < -0.39 is 6.09 Å². The molecule has 1 amide bonds. The summed E-state index contributed by atoms with van der Waals surface area (Å²) >= 11 is 0. The monoisotopic (exact) mass is 322 g/mol. The molecule has 0 heterocycles. The molecular weight excluding hydrogens is 304 g/mol. The first-order valence-electron chi connectivity index (χ1n) is 7.98. The number of Topliss-reactive ketones (excluding diaryl/α,β-unsaturated/α-hetero) is 1. The lowest BCUT2D eigenvalue weighted by atomic mass is 9.83. The van der Waals surface area contributed by atoms with E-state index in [2.05, 4.69) is 10.5 Å². The van der Waals surface area contributed by atoms with Gasteiger partial charge in [0.15, 0.2) is 5.71 Å². The quantitative estimate of drug-likeness (QED) is 0.529. The molecule has 0 saturated carbocycles. The van der Waals surface area contributed by atoms with Crippen molar-refractivity contribution in [3.05, 3.63) is 59.7 Å². The van der Waals surface area contributed by atoms with Gasteiger partial charge in [-0.15, -0.1) is 0 Å². The number of carbonyl (C=O) groups is 2. The summed E-state index contributed by atoms with van der Waals surface area (Å²) in [6, 6.07) is 14.8. The summed E-state index contributed by atoms with van der Waals surface area (Å²) in [5.41, 5.74) is 3.15. The van der Waals surface area contributed by atoms with E-state index in [1.807, 2.05) is 37.3 Å². The Labute approximate surface area is 140 Å². The zero-order valence-corrected chi connectivity index (χ0v) is 13.4. The Bertz CT molecular complexity index is 812. The van der Waals surface area contributed by atoms with Gasteiger partial charge in [0.2, 0.25) is 5.78 Å². The normalized spacial score (nSPS) is 14.0. The largest absolute Gasteiger partial charge is 0.433 e. The first-order chi connectivity index (χ1) is 11.7. The van der Waals surface area contributed by atoms with E-state index in [4.69, 9.17) is 4.84 Å². The van der Waals surface area contributed by atoms with Crippen LogP contribution in [0.5, 0.6) is 0 Å². The number of ketones is 1. The van der Waals surface area contributed by atoms with Crippen LogP contribution in [-0.4, -0.2) is 24.1 Å². The van der Waals surface area contributed by atoms with Gasteiger partial charge in [-0.3, -0.25) is 9.63 Å². The number of rotatable bonds is 4. The van der Waals surface area contributed by atoms with Crippen LogP contribution in [0, 0.1) is 0 Å². The lowest BCUT2D eigenvalue weighted by Gasteiger charge is -2.19. The van der Waals surface area contributed by atoms with Crippen molar-refractivity contribution in [2.24, 2.45) is 5.16 Å². The summed E-state index contributed by atoms with van der Waals surface area (Å²) in [4.78, 5) is 29.3. The number of benzene rings is 2. The highest BCUT2D eigenvalue weighted by molar-refractivity contribution is 6.54. The molecule has 3 rings (SSSR count). The van der Waals surface area contributed by atoms with Crippen molar-refractivity contribution in [3.8, 4) is 11.1 Å². The predicted molar refractivity (Wildman–Crippen MR) is 92.1 cm³/mol. The minimum absolute atomic E-state index is 0.148. The third-order valence-electron chi connectivity index (χ3n) is 3.88. The second-order valence-corrected chi connectivity index (χ2v) is 5.52. The maximum absolute atomic E-state index is 12.7.